The first kappa shape index (κ1) is 18.7. The average molecular weight is 330 g/mol. The summed E-state index contributed by atoms with van der Waals surface area (Å²) in [5.41, 5.74) is 3.05. The summed E-state index contributed by atoms with van der Waals surface area (Å²) in [4.78, 5) is 0. The molecule has 0 N–H and O–H groups in total. The highest BCUT2D eigenvalue weighted by atomic mass is 16.5. The lowest BCUT2D eigenvalue weighted by Gasteiger charge is -2.03. The first-order chi connectivity index (χ1) is 12.3. The number of unbranched alkanes of at least 4 members (excludes halogenated alkanes) is 3. The van der Waals surface area contributed by atoms with E-state index in [0.717, 1.165) is 41.9 Å². The van der Waals surface area contributed by atoms with E-state index >= 15 is 0 Å². The van der Waals surface area contributed by atoms with Gasteiger partial charge in [0, 0.05) is 23.1 Å². The van der Waals surface area contributed by atoms with Crippen LogP contribution in [0.4, 0.5) is 0 Å². The smallest absolute Gasteiger partial charge is 0.119 e. The van der Waals surface area contributed by atoms with E-state index < -0.39 is 0 Å². The lowest BCUT2D eigenvalue weighted by Crippen LogP contribution is -1.94. The summed E-state index contributed by atoms with van der Waals surface area (Å²) in [5.74, 6) is 13.7. The quantitative estimate of drug-likeness (QED) is 0.480. The monoisotopic (exact) mass is 330 g/mol. The van der Waals surface area contributed by atoms with Gasteiger partial charge < -0.3 is 4.74 Å². The van der Waals surface area contributed by atoms with E-state index in [-0.39, 0.29) is 0 Å². The summed E-state index contributed by atoms with van der Waals surface area (Å²) >= 11 is 0. The molecule has 128 valence electrons. The van der Waals surface area contributed by atoms with Gasteiger partial charge in [-0.15, -0.1) is 0 Å². The lowest BCUT2D eigenvalue weighted by molar-refractivity contribution is 0.317. The van der Waals surface area contributed by atoms with Crippen molar-refractivity contribution in [2.45, 2.75) is 46.0 Å². The maximum Gasteiger partial charge on any atom is 0.119 e. The van der Waals surface area contributed by atoms with Gasteiger partial charge in [0.25, 0.3) is 0 Å². The van der Waals surface area contributed by atoms with Gasteiger partial charge in [-0.1, -0.05) is 50.4 Å². The second-order valence-corrected chi connectivity index (χ2v) is 5.96. The molecule has 1 heteroatoms. The lowest BCUT2D eigenvalue weighted by atomic mass is 10.1. The third kappa shape index (κ3) is 7.19. The summed E-state index contributed by atoms with van der Waals surface area (Å²) in [6.07, 6.45) is 5.68. The number of hydrogen-bond donors (Lipinski definition) is 0. The Bertz CT molecular complexity index is 746. The SMILES string of the molecule is CCCCCC#Cc1ccc(C#Cc2ccc(OCCC)cc2)cc1. The molecule has 0 radical (unpaired) electrons. The minimum atomic E-state index is 0.749. The molecule has 0 saturated carbocycles. The molecule has 0 heterocycles. The van der Waals surface area contributed by atoms with E-state index in [4.69, 9.17) is 4.74 Å². The minimum Gasteiger partial charge on any atom is -0.494 e. The second-order valence-electron chi connectivity index (χ2n) is 5.96. The Balaban J connectivity index is 1.92. The number of rotatable bonds is 6. The molecule has 0 aromatic heterocycles. The maximum absolute atomic E-state index is 5.58. The van der Waals surface area contributed by atoms with Crippen LogP contribution in [0.2, 0.25) is 0 Å². The predicted octanol–water partition coefficient (Wildman–Crippen LogP) is 5.81. The molecule has 0 aliphatic carbocycles. The van der Waals surface area contributed by atoms with Crippen LogP contribution in [0.1, 0.15) is 62.6 Å². The second kappa shape index (κ2) is 11.0. The van der Waals surface area contributed by atoms with E-state index in [1.165, 1.54) is 19.3 Å². The molecule has 1 nitrogen and oxygen atoms in total. The van der Waals surface area contributed by atoms with E-state index in [1.807, 2.05) is 48.5 Å². The van der Waals surface area contributed by atoms with Crippen LogP contribution in [-0.2, 0) is 0 Å². The van der Waals surface area contributed by atoms with Crippen molar-refractivity contribution in [1.82, 2.24) is 0 Å². The maximum atomic E-state index is 5.58. The molecule has 0 spiro atoms. The summed E-state index contributed by atoms with van der Waals surface area (Å²) in [7, 11) is 0. The highest BCUT2D eigenvalue weighted by Gasteiger charge is 1.93. The zero-order chi connectivity index (χ0) is 17.7. The fourth-order valence-corrected chi connectivity index (χ4v) is 2.26. The third-order valence-corrected chi connectivity index (χ3v) is 3.70. The predicted molar refractivity (Wildman–Crippen MR) is 106 cm³/mol. The highest BCUT2D eigenvalue weighted by Crippen LogP contribution is 2.12. The van der Waals surface area contributed by atoms with Crippen molar-refractivity contribution in [2.75, 3.05) is 6.61 Å². The summed E-state index contributed by atoms with van der Waals surface area (Å²) in [5, 5.41) is 0. The van der Waals surface area contributed by atoms with Crippen molar-refractivity contribution >= 4 is 0 Å². The van der Waals surface area contributed by atoms with Gasteiger partial charge in [-0.3, -0.25) is 0 Å². The Labute approximate surface area is 152 Å². The van der Waals surface area contributed by atoms with Gasteiger partial charge in [0.15, 0.2) is 0 Å². The molecule has 25 heavy (non-hydrogen) atoms. The zero-order valence-corrected chi connectivity index (χ0v) is 15.3. The number of hydrogen-bond acceptors (Lipinski definition) is 1. The Kier molecular flexibility index (Phi) is 8.23. The fraction of sp³-hybridized carbons (Fsp3) is 0.333. The topological polar surface area (TPSA) is 9.23 Å². The molecule has 2 aromatic rings. The molecular weight excluding hydrogens is 304 g/mol. The molecule has 0 aliphatic heterocycles. The normalized spacial score (nSPS) is 9.52. The molecule has 0 amide bonds. The van der Waals surface area contributed by atoms with E-state index in [0.29, 0.717) is 0 Å². The van der Waals surface area contributed by atoms with E-state index in [2.05, 4.69) is 37.5 Å². The molecule has 0 unspecified atom stereocenters. The van der Waals surface area contributed by atoms with Crippen LogP contribution in [-0.4, -0.2) is 6.61 Å². The molecular formula is C24H26O. The van der Waals surface area contributed by atoms with Crippen molar-refractivity contribution in [3.05, 3.63) is 65.2 Å². The van der Waals surface area contributed by atoms with Gasteiger partial charge in [-0.25, -0.2) is 0 Å². The van der Waals surface area contributed by atoms with Gasteiger partial charge in [0.05, 0.1) is 6.61 Å². The first-order valence-electron chi connectivity index (χ1n) is 9.15. The minimum absolute atomic E-state index is 0.749. The number of ether oxygens (including phenoxy) is 1. The molecule has 0 bridgehead atoms. The molecule has 0 atom stereocenters. The van der Waals surface area contributed by atoms with Gasteiger partial charge in [0.2, 0.25) is 0 Å². The standard InChI is InChI=1S/C24H26O/c1-3-5-6-7-8-9-21-10-12-22(13-11-21)14-15-23-16-18-24(19-17-23)25-20-4-2/h10-13,16-19H,3-7,20H2,1-2H3. The van der Waals surface area contributed by atoms with Crippen LogP contribution in [0.5, 0.6) is 5.75 Å². The van der Waals surface area contributed by atoms with Crippen molar-refractivity contribution < 1.29 is 4.74 Å². The van der Waals surface area contributed by atoms with Crippen LogP contribution in [0.3, 0.4) is 0 Å². The summed E-state index contributed by atoms with van der Waals surface area (Å²) < 4.78 is 5.58. The Morgan fingerprint density at radius 2 is 1.24 bits per heavy atom. The Hall–Kier alpha value is -2.64. The van der Waals surface area contributed by atoms with Crippen LogP contribution >= 0.6 is 0 Å². The van der Waals surface area contributed by atoms with Crippen molar-refractivity contribution in [3.8, 4) is 29.4 Å². The van der Waals surface area contributed by atoms with Gasteiger partial charge in [-0.2, -0.15) is 0 Å². The average Bonchev–Trinajstić information content (AvgIpc) is 2.66. The number of benzene rings is 2. The molecule has 2 aromatic carbocycles. The van der Waals surface area contributed by atoms with Gasteiger partial charge in [0.1, 0.15) is 5.75 Å². The third-order valence-electron chi connectivity index (χ3n) is 3.70. The van der Waals surface area contributed by atoms with Crippen LogP contribution in [0.15, 0.2) is 48.5 Å². The summed E-state index contributed by atoms with van der Waals surface area (Å²) in [6.45, 7) is 5.06. The van der Waals surface area contributed by atoms with Crippen LogP contribution in [0, 0.1) is 23.7 Å². The summed E-state index contributed by atoms with van der Waals surface area (Å²) in [6, 6.07) is 16.1. The van der Waals surface area contributed by atoms with Gasteiger partial charge >= 0.3 is 0 Å². The van der Waals surface area contributed by atoms with Crippen molar-refractivity contribution in [1.29, 1.82) is 0 Å². The molecule has 0 fully saturated rings. The largest absolute Gasteiger partial charge is 0.494 e. The molecule has 0 saturated heterocycles. The van der Waals surface area contributed by atoms with Crippen molar-refractivity contribution in [2.24, 2.45) is 0 Å². The van der Waals surface area contributed by atoms with E-state index in [1.54, 1.807) is 0 Å². The first-order valence-corrected chi connectivity index (χ1v) is 9.15. The molecule has 2 rings (SSSR count). The van der Waals surface area contributed by atoms with Crippen LogP contribution < -0.4 is 4.74 Å². The van der Waals surface area contributed by atoms with Crippen molar-refractivity contribution in [3.63, 3.8) is 0 Å². The fourth-order valence-electron chi connectivity index (χ4n) is 2.26. The highest BCUT2D eigenvalue weighted by molar-refractivity contribution is 5.46. The van der Waals surface area contributed by atoms with Crippen LogP contribution in [0.25, 0.3) is 0 Å². The van der Waals surface area contributed by atoms with Gasteiger partial charge in [-0.05, 0) is 61.4 Å². The Morgan fingerprint density at radius 3 is 1.80 bits per heavy atom. The van der Waals surface area contributed by atoms with E-state index in [9.17, 15) is 0 Å². The zero-order valence-electron chi connectivity index (χ0n) is 15.3. The molecule has 0 aliphatic rings. The Morgan fingerprint density at radius 1 is 0.680 bits per heavy atom.